The molecule has 0 rings (SSSR count). The second-order valence-corrected chi connectivity index (χ2v) is 19.2. The maximum atomic E-state index is 12.8. The van der Waals surface area contributed by atoms with Crippen LogP contribution in [0.4, 0.5) is 0 Å². The molecule has 1 unspecified atom stereocenters. The lowest BCUT2D eigenvalue weighted by Crippen LogP contribution is -2.30. The molecule has 0 heterocycles. The van der Waals surface area contributed by atoms with Crippen molar-refractivity contribution in [2.75, 3.05) is 13.2 Å². The topological polar surface area (TPSA) is 78.9 Å². The van der Waals surface area contributed by atoms with Gasteiger partial charge < -0.3 is 14.2 Å². The summed E-state index contributed by atoms with van der Waals surface area (Å²) in [4.78, 5) is 37.8. The van der Waals surface area contributed by atoms with Crippen molar-refractivity contribution < 1.29 is 28.6 Å². The predicted molar refractivity (Wildman–Crippen MR) is 302 cm³/mol. The summed E-state index contributed by atoms with van der Waals surface area (Å²) in [5, 5.41) is 0. The summed E-state index contributed by atoms with van der Waals surface area (Å²) in [7, 11) is 0. The van der Waals surface area contributed by atoms with Crippen molar-refractivity contribution >= 4 is 17.9 Å². The lowest BCUT2D eigenvalue weighted by Gasteiger charge is -2.18. The summed E-state index contributed by atoms with van der Waals surface area (Å²) in [5.41, 5.74) is 0. The highest BCUT2D eigenvalue weighted by atomic mass is 16.6. The molecule has 0 fully saturated rings. The number of ether oxygens (including phenoxy) is 3. The number of esters is 3. The van der Waals surface area contributed by atoms with Gasteiger partial charge in [-0.15, -0.1) is 0 Å². The molecular weight excluding hydrogens is 865 g/mol. The van der Waals surface area contributed by atoms with Gasteiger partial charge in [-0.05, 0) is 89.9 Å². The van der Waals surface area contributed by atoms with Crippen molar-refractivity contribution in [1.82, 2.24) is 0 Å². The molecule has 0 aromatic rings. The molecule has 0 aromatic heterocycles. The number of hydrogen-bond donors (Lipinski definition) is 0. The molecule has 0 aromatic carbocycles. The van der Waals surface area contributed by atoms with Crippen molar-refractivity contribution in [2.45, 2.75) is 277 Å². The van der Waals surface area contributed by atoms with E-state index in [-0.39, 0.29) is 31.6 Å². The standard InChI is InChI=1S/C64H108O6/c1-4-7-10-13-16-18-20-22-24-26-28-29-30-31-32-33-34-35-37-38-40-42-44-46-48-51-54-57-63(66)69-60-61(59-68-62(65)56-53-50-15-12-9-6-3)70-64(67)58-55-52-49-47-45-43-41-39-36-27-25-23-21-19-17-14-11-8-5-2/h8,11,17,19-20,22-23,25-26,28,36,39,43,45,49,52,61H,4-7,9-10,12-16,18,21,24,27,29-35,37-38,40-42,44,46-48,50-51,53-60H2,1-3H3/b11-8-,19-17-,22-20-,25-23-,28-26-,39-36-,45-43-,52-49-. The largest absolute Gasteiger partial charge is 0.462 e. The normalized spacial score (nSPS) is 12.8. The van der Waals surface area contributed by atoms with Crippen molar-refractivity contribution in [2.24, 2.45) is 0 Å². The number of carbonyl (C=O) groups excluding carboxylic acids is 3. The van der Waals surface area contributed by atoms with E-state index in [0.29, 0.717) is 19.3 Å². The van der Waals surface area contributed by atoms with Crippen LogP contribution in [0.15, 0.2) is 97.2 Å². The Bertz CT molecular complexity index is 1400. The maximum Gasteiger partial charge on any atom is 0.306 e. The Morgan fingerprint density at radius 1 is 0.300 bits per heavy atom. The third-order valence-electron chi connectivity index (χ3n) is 12.3. The molecule has 70 heavy (non-hydrogen) atoms. The molecule has 0 aliphatic rings. The van der Waals surface area contributed by atoms with Gasteiger partial charge in [-0.2, -0.15) is 0 Å². The number of rotatable bonds is 52. The Morgan fingerprint density at radius 3 is 0.929 bits per heavy atom. The van der Waals surface area contributed by atoms with E-state index in [1.807, 2.05) is 12.2 Å². The van der Waals surface area contributed by atoms with Crippen LogP contribution in [0.25, 0.3) is 0 Å². The predicted octanol–water partition coefficient (Wildman–Crippen LogP) is 19.7. The highest BCUT2D eigenvalue weighted by Crippen LogP contribution is 2.15. The molecule has 0 saturated carbocycles. The van der Waals surface area contributed by atoms with E-state index in [9.17, 15) is 14.4 Å². The summed E-state index contributed by atoms with van der Waals surface area (Å²) in [5.74, 6) is -1.000. The zero-order valence-electron chi connectivity index (χ0n) is 45.8. The third kappa shape index (κ3) is 55.3. The molecule has 0 aliphatic heterocycles. The van der Waals surface area contributed by atoms with Crippen LogP contribution in [0, 0.1) is 0 Å². The van der Waals surface area contributed by atoms with Gasteiger partial charge in [-0.25, -0.2) is 0 Å². The quantitative estimate of drug-likeness (QED) is 0.0262. The second-order valence-electron chi connectivity index (χ2n) is 19.2. The van der Waals surface area contributed by atoms with E-state index in [1.165, 1.54) is 141 Å². The van der Waals surface area contributed by atoms with Crippen molar-refractivity contribution in [3.8, 4) is 0 Å². The van der Waals surface area contributed by atoms with Crippen molar-refractivity contribution in [3.05, 3.63) is 97.2 Å². The first-order valence-electron chi connectivity index (χ1n) is 29.2. The van der Waals surface area contributed by atoms with E-state index in [0.717, 1.165) is 83.5 Å². The Hall–Kier alpha value is -3.67. The third-order valence-corrected chi connectivity index (χ3v) is 12.3. The van der Waals surface area contributed by atoms with Gasteiger partial charge in [0.05, 0.1) is 0 Å². The van der Waals surface area contributed by atoms with E-state index >= 15 is 0 Å². The summed E-state index contributed by atoms with van der Waals surface area (Å²) in [6, 6.07) is 0. The fourth-order valence-electron chi connectivity index (χ4n) is 7.97. The Labute approximate surface area is 432 Å². The number of allylic oxidation sites excluding steroid dienone is 16. The summed E-state index contributed by atoms with van der Waals surface area (Å²) in [6.07, 6.45) is 77.4. The van der Waals surface area contributed by atoms with Crippen LogP contribution in [0.5, 0.6) is 0 Å². The monoisotopic (exact) mass is 973 g/mol. The van der Waals surface area contributed by atoms with Crippen LogP contribution in [0.2, 0.25) is 0 Å². The average Bonchev–Trinajstić information content (AvgIpc) is 3.36. The molecule has 1 atom stereocenters. The fraction of sp³-hybridized carbons (Fsp3) is 0.703. The highest BCUT2D eigenvalue weighted by molar-refractivity contribution is 5.71. The maximum absolute atomic E-state index is 12.8. The Kier molecular flexibility index (Phi) is 54.9. The van der Waals surface area contributed by atoms with Gasteiger partial charge >= 0.3 is 17.9 Å². The molecule has 400 valence electrons. The molecule has 0 amide bonds. The summed E-state index contributed by atoms with van der Waals surface area (Å²) in [6.45, 7) is 6.40. The molecule has 0 aliphatic carbocycles. The zero-order chi connectivity index (χ0) is 50.7. The number of hydrogen-bond acceptors (Lipinski definition) is 6. The van der Waals surface area contributed by atoms with Crippen molar-refractivity contribution in [3.63, 3.8) is 0 Å². The van der Waals surface area contributed by atoms with Gasteiger partial charge in [-0.1, -0.05) is 259 Å². The van der Waals surface area contributed by atoms with Gasteiger partial charge in [0.15, 0.2) is 6.10 Å². The summed E-state index contributed by atoms with van der Waals surface area (Å²) >= 11 is 0. The molecule has 0 radical (unpaired) electrons. The van der Waals surface area contributed by atoms with Gasteiger partial charge in [0, 0.05) is 19.3 Å². The molecule has 0 spiro atoms. The van der Waals surface area contributed by atoms with Gasteiger partial charge in [0.2, 0.25) is 0 Å². The average molecular weight is 974 g/mol. The van der Waals surface area contributed by atoms with Crippen molar-refractivity contribution in [1.29, 1.82) is 0 Å². The molecular formula is C64H108O6. The van der Waals surface area contributed by atoms with Crippen LogP contribution < -0.4 is 0 Å². The smallest absolute Gasteiger partial charge is 0.306 e. The SMILES string of the molecule is CC/C=C\C/C=C\C/C=C\C/C=C\C/C=C\C/C=C\CCC(=O)OC(COC(=O)CCCCCCCC)COC(=O)CCCCCCCCCCCCCCCCC/C=C\C/C=C\CCCCCCC. The minimum absolute atomic E-state index is 0.107. The van der Waals surface area contributed by atoms with Crippen LogP contribution in [-0.2, 0) is 28.6 Å². The Balaban J connectivity index is 4.18. The van der Waals surface area contributed by atoms with Crippen LogP contribution in [0.1, 0.15) is 271 Å². The number of unbranched alkanes of at least 4 members (excludes halogenated alkanes) is 25. The molecule has 6 nitrogen and oxygen atoms in total. The molecule has 6 heteroatoms. The summed E-state index contributed by atoms with van der Waals surface area (Å²) < 4.78 is 16.7. The number of carbonyl (C=O) groups is 3. The highest BCUT2D eigenvalue weighted by Gasteiger charge is 2.19. The van der Waals surface area contributed by atoms with Crippen LogP contribution in [-0.4, -0.2) is 37.2 Å². The lowest BCUT2D eigenvalue weighted by molar-refractivity contribution is -0.166. The van der Waals surface area contributed by atoms with Gasteiger partial charge in [-0.3, -0.25) is 14.4 Å². The first kappa shape index (κ1) is 66.3. The minimum atomic E-state index is -0.815. The van der Waals surface area contributed by atoms with E-state index in [2.05, 4.69) is 106 Å². The molecule has 0 bridgehead atoms. The van der Waals surface area contributed by atoms with E-state index in [4.69, 9.17) is 14.2 Å². The zero-order valence-corrected chi connectivity index (χ0v) is 45.8. The van der Waals surface area contributed by atoms with E-state index < -0.39 is 12.1 Å². The Morgan fingerprint density at radius 2 is 0.586 bits per heavy atom. The molecule has 0 N–H and O–H groups in total. The van der Waals surface area contributed by atoms with E-state index in [1.54, 1.807) is 0 Å². The first-order chi connectivity index (χ1) is 34.5. The second kappa shape index (κ2) is 57.9. The minimum Gasteiger partial charge on any atom is -0.462 e. The first-order valence-corrected chi connectivity index (χ1v) is 29.2. The van der Waals surface area contributed by atoms with Gasteiger partial charge in [0.25, 0.3) is 0 Å². The lowest BCUT2D eigenvalue weighted by atomic mass is 10.0. The van der Waals surface area contributed by atoms with Crippen LogP contribution in [0.3, 0.4) is 0 Å². The fourth-order valence-corrected chi connectivity index (χ4v) is 7.97. The van der Waals surface area contributed by atoms with Crippen LogP contribution >= 0.6 is 0 Å². The molecule has 0 saturated heterocycles. The van der Waals surface area contributed by atoms with Gasteiger partial charge in [0.1, 0.15) is 13.2 Å².